The third kappa shape index (κ3) is 3.88. The number of ether oxygens (including phenoxy) is 1. The van der Waals surface area contributed by atoms with Crippen molar-refractivity contribution in [3.63, 3.8) is 0 Å². The molecule has 0 radical (unpaired) electrons. The molecule has 0 aliphatic heterocycles. The second kappa shape index (κ2) is 6.98. The van der Waals surface area contributed by atoms with E-state index in [0.717, 1.165) is 0 Å². The van der Waals surface area contributed by atoms with Crippen molar-refractivity contribution in [2.75, 3.05) is 0 Å². The SMILES string of the molecule is C=N/C(=C\N=C(C)OCc1ncco1)c1ccccn1. The van der Waals surface area contributed by atoms with E-state index in [1.54, 1.807) is 25.5 Å². The molecule has 0 N–H and O–H groups in total. The number of oxazole rings is 1. The molecule has 0 amide bonds. The summed E-state index contributed by atoms with van der Waals surface area (Å²) in [5.41, 5.74) is 1.27. The van der Waals surface area contributed by atoms with Crippen molar-refractivity contribution in [2.45, 2.75) is 13.5 Å². The lowest BCUT2D eigenvalue weighted by Crippen LogP contribution is -1.99. The van der Waals surface area contributed by atoms with Crippen LogP contribution < -0.4 is 0 Å². The highest BCUT2D eigenvalue weighted by Crippen LogP contribution is 2.12. The second-order valence-electron chi connectivity index (χ2n) is 3.75. The monoisotopic (exact) mass is 270 g/mol. The lowest BCUT2D eigenvalue weighted by Gasteiger charge is -2.01. The first kappa shape index (κ1) is 13.7. The zero-order valence-electron chi connectivity index (χ0n) is 11.1. The standard InChI is InChI=1S/C14H14N4O2/c1-11(20-10-14-17-7-8-19-14)18-9-13(15-2)12-5-3-4-6-16-12/h3-9H,2,10H2,1H3/b13-9-,18-11?. The summed E-state index contributed by atoms with van der Waals surface area (Å²) in [6.07, 6.45) is 6.29. The molecule has 2 aromatic rings. The third-order valence-electron chi connectivity index (χ3n) is 2.35. The Morgan fingerprint density at radius 2 is 2.30 bits per heavy atom. The molecule has 20 heavy (non-hydrogen) atoms. The zero-order chi connectivity index (χ0) is 14.2. The Hall–Kier alpha value is -2.76. The molecule has 0 unspecified atom stereocenters. The minimum absolute atomic E-state index is 0.233. The fourth-order valence-electron chi connectivity index (χ4n) is 1.38. The van der Waals surface area contributed by atoms with E-state index in [2.05, 4.69) is 26.7 Å². The molecule has 2 heterocycles. The van der Waals surface area contributed by atoms with Gasteiger partial charge in [-0.15, -0.1) is 0 Å². The van der Waals surface area contributed by atoms with Gasteiger partial charge in [0.15, 0.2) is 12.5 Å². The van der Waals surface area contributed by atoms with E-state index in [1.807, 2.05) is 18.2 Å². The molecule has 0 fully saturated rings. The van der Waals surface area contributed by atoms with Gasteiger partial charge in [0, 0.05) is 13.1 Å². The van der Waals surface area contributed by atoms with Crippen LogP contribution in [-0.2, 0) is 11.3 Å². The van der Waals surface area contributed by atoms with Crippen LogP contribution in [0.2, 0.25) is 0 Å². The highest BCUT2D eigenvalue weighted by Gasteiger charge is 2.00. The quantitative estimate of drug-likeness (QED) is 0.618. The minimum Gasteiger partial charge on any atom is -0.471 e. The first-order valence-electron chi connectivity index (χ1n) is 5.93. The van der Waals surface area contributed by atoms with E-state index in [4.69, 9.17) is 9.15 Å². The predicted molar refractivity (Wildman–Crippen MR) is 76.2 cm³/mol. The second-order valence-corrected chi connectivity index (χ2v) is 3.75. The minimum atomic E-state index is 0.233. The number of hydrogen-bond donors (Lipinski definition) is 0. The summed E-state index contributed by atoms with van der Waals surface area (Å²) in [7, 11) is 0. The molecular formula is C14H14N4O2. The van der Waals surface area contributed by atoms with Gasteiger partial charge in [-0.2, -0.15) is 0 Å². The number of pyridine rings is 1. The van der Waals surface area contributed by atoms with Crippen LogP contribution in [0.25, 0.3) is 5.70 Å². The molecule has 0 saturated carbocycles. The van der Waals surface area contributed by atoms with Crippen LogP contribution in [0.15, 0.2) is 57.5 Å². The molecular weight excluding hydrogens is 256 g/mol. The van der Waals surface area contributed by atoms with Gasteiger partial charge in [-0.05, 0) is 18.9 Å². The van der Waals surface area contributed by atoms with Crippen molar-refractivity contribution < 1.29 is 9.15 Å². The Kier molecular flexibility index (Phi) is 4.77. The Labute approximate surface area is 116 Å². The highest BCUT2D eigenvalue weighted by atomic mass is 16.5. The van der Waals surface area contributed by atoms with E-state index in [1.165, 1.54) is 6.26 Å². The smallest absolute Gasteiger partial charge is 0.232 e. The van der Waals surface area contributed by atoms with E-state index in [0.29, 0.717) is 23.2 Å². The maximum atomic E-state index is 5.38. The molecule has 0 aliphatic rings. The first-order chi connectivity index (χ1) is 9.79. The van der Waals surface area contributed by atoms with Crippen molar-refractivity contribution in [1.29, 1.82) is 0 Å². The normalized spacial score (nSPS) is 12.2. The van der Waals surface area contributed by atoms with E-state index >= 15 is 0 Å². The van der Waals surface area contributed by atoms with Gasteiger partial charge in [0.25, 0.3) is 0 Å². The summed E-state index contributed by atoms with van der Waals surface area (Å²) < 4.78 is 10.4. The Morgan fingerprint density at radius 1 is 1.40 bits per heavy atom. The van der Waals surface area contributed by atoms with Crippen molar-refractivity contribution in [3.05, 3.63) is 54.6 Å². The summed E-state index contributed by atoms with van der Waals surface area (Å²) in [4.78, 5) is 16.2. The van der Waals surface area contributed by atoms with Crippen LogP contribution in [0.4, 0.5) is 0 Å². The van der Waals surface area contributed by atoms with Crippen molar-refractivity contribution in [3.8, 4) is 0 Å². The first-order valence-corrected chi connectivity index (χ1v) is 5.93. The maximum absolute atomic E-state index is 5.38. The van der Waals surface area contributed by atoms with Crippen molar-refractivity contribution in [2.24, 2.45) is 9.98 Å². The average molecular weight is 270 g/mol. The van der Waals surface area contributed by atoms with E-state index in [-0.39, 0.29) is 6.61 Å². The molecule has 2 aromatic heterocycles. The molecule has 2 rings (SSSR count). The molecule has 6 nitrogen and oxygen atoms in total. The predicted octanol–water partition coefficient (Wildman–Crippen LogP) is 2.70. The van der Waals surface area contributed by atoms with Crippen molar-refractivity contribution in [1.82, 2.24) is 9.97 Å². The summed E-state index contributed by atoms with van der Waals surface area (Å²) in [6.45, 7) is 5.48. The average Bonchev–Trinajstić information content (AvgIpc) is 3.00. The van der Waals surface area contributed by atoms with E-state index < -0.39 is 0 Å². The lowest BCUT2D eigenvalue weighted by molar-refractivity contribution is 0.249. The number of aliphatic imine (C=N–C) groups is 2. The molecule has 0 aromatic carbocycles. The molecule has 0 saturated heterocycles. The van der Waals surface area contributed by atoms with Gasteiger partial charge in [0.05, 0.1) is 18.1 Å². The van der Waals surface area contributed by atoms with Crippen LogP contribution >= 0.6 is 0 Å². The van der Waals surface area contributed by atoms with Gasteiger partial charge in [0.1, 0.15) is 12.0 Å². The summed E-state index contributed by atoms with van der Waals surface area (Å²) in [5, 5.41) is 0. The highest BCUT2D eigenvalue weighted by molar-refractivity contribution is 5.75. The van der Waals surface area contributed by atoms with Crippen LogP contribution in [0.3, 0.4) is 0 Å². The largest absolute Gasteiger partial charge is 0.471 e. The Bertz CT molecular complexity index is 603. The molecule has 0 spiro atoms. The topological polar surface area (TPSA) is 72.9 Å². The Balaban J connectivity index is 2.01. The molecule has 102 valence electrons. The van der Waals surface area contributed by atoms with Gasteiger partial charge in [-0.3, -0.25) is 9.98 Å². The molecule has 6 heteroatoms. The van der Waals surface area contributed by atoms with Gasteiger partial charge >= 0.3 is 0 Å². The molecule has 0 aliphatic carbocycles. The van der Waals surface area contributed by atoms with Crippen molar-refractivity contribution >= 4 is 18.3 Å². The number of rotatable bonds is 5. The summed E-state index contributed by atoms with van der Waals surface area (Å²) in [5.74, 6) is 0.968. The van der Waals surface area contributed by atoms with Gasteiger partial charge in [-0.1, -0.05) is 6.07 Å². The lowest BCUT2D eigenvalue weighted by atomic mass is 10.3. The van der Waals surface area contributed by atoms with Gasteiger partial charge in [0.2, 0.25) is 5.89 Å². The third-order valence-corrected chi connectivity index (χ3v) is 2.35. The number of aromatic nitrogens is 2. The van der Waals surface area contributed by atoms with Crippen LogP contribution in [0.5, 0.6) is 0 Å². The van der Waals surface area contributed by atoms with Crippen LogP contribution in [0, 0.1) is 0 Å². The van der Waals surface area contributed by atoms with Gasteiger partial charge < -0.3 is 9.15 Å². The fraction of sp³-hybridized carbons (Fsp3) is 0.143. The number of nitrogens with zero attached hydrogens (tertiary/aromatic N) is 4. The summed E-state index contributed by atoms with van der Waals surface area (Å²) in [6, 6.07) is 5.54. The number of hydrogen-bond acceptors (Lipinski definition) is 6. The zero-order valence-corrected chi connectivity index (χ0v) is 11.1. The van der Waals surface area contributed by atoms with Crippen LogP contribution in [0.1, 0.15) is 18.5 Å². The maximum Gasteiger partial charge on any atom is 0.232 e. The molecule has 0 atom stereocenters. The van der Waals surface area contributed by atoms with Gasteiger partial charge in [-0.25, -0.2) is 9.98 Å². The molecule has 0 bridgehead atoms. The fourth-order valence-corrected chi connectivity index (χ4v) is 1.38. The Morgan fingerprint density at radius 3 is 2.95 bits per heavy atom. The van der Waals surface area contributed by atoms with E-state index in [9.17, 15) is 0 Å². The van der Waals surface area contributed by atoms with Crippen LogP contribution in [-0.4, -0.2) is 22.6 Å². The summed E-state index contributed by atoms with van der Waals surface area (Å²) >= 11 is 0.